The van der Waals surface area contributed by atoms with Gasteiger partial charge >= 0.3 is 0 Å². The molecule has 0 unspecified atom stereocenters. The van der Waals surface area contributed by atoms with Gasteiger partial charge in [0.25, 0.3) is 5.91 Å². The Morgan fingerprint density at radius 1 is 1.07 bits per heavy atom. The highest BCUT2D eigenvalue weighted by atomic mass is 35.5. The molecule has 4 rings (SSSR count). The first-order chi connectivity index (χ1) is 13.2. The Morgan fingerprint density at radius 3 is 2.56 bits per heavy atom. The fourth-order valence-electron chi connectivity index (χ4n) is 4.28. The second-order valence-electron chi connectivity index (χ2n) is 7.36. The van der Waals surface area contributed by atoms with Crippen molar-refractivity contribution in [3.63, 3.8) is 0 Å². The van der Waals surface area contributed by atoms with Gasteiger partial charge in [-0.15, -0.1) is 0 Å². The maximum Gasteiger partial charge on any atom is 0.257 e. The number of fused-ring (bicyclic) bond motifs is 1. The fraction of sp³-hybridized carbons (Fsp3) is 0.409. The Morgan fingerprint density at radius 2 is 1.81 bits per heavy atom. The molecule has 0 spiro atoms. The van der Waals surface area contributed by atoms with E-state index in [1.807, 2.05) is 4.90 Å². The summed E-state index contributed by atoms with van der Waals surface area (Å²) < 4.78 is 5.35. The lowest BCUT2D eigenvalue weighted by atomic mass is 9.95. The smallest absolute Gasteiger partial charge is 0.257 e. The Hall–Kier alpha value is -2.04. The third kappa shape index (κ3) is 3.83. The molecule has 4 nitrogen and oxygen atoms in total. The number of rotatable bonds is 3. The van der Waals surface area contributed by atoms with Gasteiger partial charge in [0.1, 0.15) is 5.75 Å². The minimum atomic E-state index is 0.0109. The van der Waals surface area contributed by atoms with E-state index in [4.69, 9.17) is 16.3 Å². The van der Waals surface area contributed by atoms with Crippen LogP contribution in [0.25, 0.3) is 0 Å². The third-order valence-electron chi connectivity index (χ3n) is 5.82. The summed E-state index contributed by atoms with van der Waals surface area (Å²) in [7, 11) is 1.58. The molecule has 2 aromatic carbocycles. The van der Waals surface area contributed by atoms with Gasteiger partial charge in [0.2, 0.25) is 0 Å². The SMILES string of the molecule is COc1ccc(Cl)cc1C(=O)N1CCC(N2CCc3ccccc3C2)CC1. The van der Waals surface area contributed by atoms with E-state index in [2.05, 4.69) is 29.2 Å². The van der Waals surface area contributed by atoms with Gasteiger partial charge in [-0.25, -0.2) is 0 Å². The standard InChI is InChI=1S/C22H25ClN2O2/c1-27-21-7-6-18(23)14-20(21)22(26)24-12-9-19(10-13-24)25-11-8-16-4-2-3-5-17(16)15-25/h2-7,14,19H,8-13,15H2,1H3. The van der Waals surface area contributed by atoms with Crippen LogP contribution in [0.3, 0.4) is 0 Å². The second-order valence-corrected chi connectivity index (χ2v) is 7.79. The average molecular weight is 385 g/mol. The van der Waals surface area contributed by atoms with Gasteiger partial charge in [0, 0.05) is 37.2 Å². The first-order valence-electron chi connectivity index (χ1n) is 9.59. The van der Waals surface area contributed by atoms with Crippen LogP contribution in [0.1, 0.15) is 34.3 Å². The second kappa shape index (κ2) is 7.91. The minimum absolute atomic E-state index is 0.0109. The van der Waals surface area contributed by atoms with Crippen molar-refractivity contribution < 1.29 is 9.53 Å². The van der Waals surface area contributed by atoms with Gasteiger partial charge in [0.15, 0.2) is 0 Å². The monoisotopic (exact) mass is 384 g/mol. The summed E-state index contributed by atoms with van der Waals surface area (Å²) in [6.07, 6.45) is 3.14. The van der Waals surface area contributed by atoms with Gasteiger partial charge < -0.3 is 9.64 Å². The highest BCUT2D eigenvalue weighted by Crippen LogP contribution is 2.28. The molecule has 0 aromatic heterocycles. The van der Waals surface area contributed by atoms with Crippen LogP contribution < -0.4 is 4.74 Å². The molecule has 1 fully saturated rings. The van der Waals surface area contributed by atoms with E-state index < -0.39 is 0 Å². The van der Waals surface area contributed by atoms with Crippen molar-refractivity contribution in [3.8, 4) is 5.75 Å². The highest BCUT2D eigenvalue weighted by Gasteiger charge is 2.30. The lowest BCUT2D eigenvalue weighted by molar-refractivity contribution is 0.0596. The number of hydrogen-bond donors (Lipinski definition) is 0. The van der Waals surface area contributed by atoms with Gasteiger partial charge in [-0.3, -0.25) is 9.69 Å². The topological polar surface area (TPSA) is 32.8 Å². The summed E-state index contributed by atoms with van der Waals surface area (Å²) in [5.41, 5.74) is 3.48. The van der Waals surface area contributed by atoms with Crippen molar-refractivity contribution >= 4 is 17.5 Å². The highest BCUT2D eigenvalue weighted by molar-refractivity contribution is 6.31. The number of likely N-dealkylation sites (tertiary alicyclic amines) is 1. The van der Waals surface area contributed by atoms with E-state index in [0.29, 0.717) is 22.4 Å². The molecule has 0 saturated carbocycles. The molecule has 142 valence electrons. The van der Waals surface area contributed by atoms with Crippen LogP contribution in [0.2, 0.25) is 5.02 Å². The number of nitrogens with zero attached hydrogens (tertiary/aromatic N) is 2. The minimum Gasteiger partial charge on any atom is -0.496 e. The van der Waals surface area contributed by atoms with Gasteiger partial charge in [-0.2, -0.15) is 0 Å². The molecule has 0 aliphatic carbocycles. The third-order valence-corrected chi connectivity index (χ3v) is 6.06. The summed E-state index contributed by atoms with van der Waals surface area (Å²) >= 11 is 6.09. The number of carbonyl (C=O) groups excluding carboxylic acids is 1. The summed E-state index contributed by atoms with van der Waals surface area (Å²) in [4.78, 5) is 17.5. The maximum atomic E-state index is 13.0. The average Bonchev–Trinajstić information content (AvgIpc) is 2.73. The van der Waals surface area contributed by atoms with Crippen LogP contribution in [0.4, 0.5) is 0 Å². The summed E-state index contributed by atoms with van der Waals surface area (Å²) in [5, 5.41) is 0.556. The molecule has 0 radical (unpaired) electrons. The van der Waals surface area contributed by atoms with Crippen LogP contribution in [-0.4, -0.2) is 48.5 Å². The molecule has 1 amide bonds. The number of amides is 1. The first kappa shape index (κ1) is 18.3. The Bertz CT molecular complexity index is 831. The van der Waals surface area contributed by atoms with E-state index in [1.54, 1.807) is 25.3 Å². The summed E-state index contributed by atoms with van der Waals surface area (Å²) in [6.45, 7) is 3.68. The van der Waals surface area contributed by atoms with Crippen molar-refractivity contribution in [1.29, 1.82) is 0 Å². The molecule has 0 N–H and O–H groups in total. The Balaban J connectivity index is 1.40. The zero-order valence-electron chi connectivity index (χ0n) is 15.7. The van der Waals surface area contributed by atoms with Crippen molar-refractivity contribution in [3.05, 3.63) is 64.2 Å². The predicted octanol–water partition coefficient (Wildman–Crippen LogP) is 4.01. The van der Waals surface area contributed by atoms with Crippen LogP contribution in [0.15, 0.2) is 42.5 Å². The van der Waals surface area contributed by atoms with Gasteiger partial charge in [-0.05, 0) is 48.6 Å². The van der Waals surface area contributed by atoms with Crippen molar-refractivity contribution in [1.82, 2.24) is 9.80 Å². The van der Waals surface area contributed by atoms with Crippen molar-refractivity contribution in [2.45, 2.75) is 31.8 Å². The molecule has 5 heteroatoms. The number of halogens is 1. The molecular formula is C22H25ClN2O2. The fourth-order valence-corrected chi connectivity index (χ4v) is 4.45. The molecule has 27 heavy (non-hydrogen) atoms. The largest absolute Gasteiger partial charge is 0.496 e. The maximum absolute atomic E-state index is 13.0. The van der Waals surface area contributed by atoms with E-state index >= 15 is 0 Å². The zero-order chi connectivity index (χ0) is 18.8. The molecule has 2 heterocycles. The van der Waals surface area contributed by atoms with E-state index in [0.717, 1.165) is 45.4 Å². The van der Waals surface area contributed by atoms with Crippen LogP contribution in [-0.2, 0) is 13.0 Å². The Kier molecular flexibility index (Phi) is 5.37. The lowest BCUT2D eigenvalue weighted by Gasteiger charge is -2.40. The molecule has 2 aliphatic heterocycles. The van der Waals surface area contributed by atoms with Crippen molar-refractivity contribution in [2.24, 2.45) is 0 Å². The summed E-state index contributed by atoms with van der Waals surface area (Å²) in [6, 6.07) is 14.5. The Labute approximate surface area is 165 Å². The molecule has 0 atom stereocenters. The van der Waals surface area contributed by atoms with E-state index in [-0.39, 0.29) is 5.91 Å². The van der Waals surface area contributed by atoms with Crippen LogP contribution in [0.5, 0.6) is 5.75 Å². The van der Waals surface area contributed by atoms with Crippen LogP contribution in [0, 0.1) is 0 Å². The van der Waals surface area contributed by atoms with Gasteiger partial charge in [0.05, 0.1) is 12.7 Å². The van der Waals surface area contributed by atoms with E-state index in [9.17, 15) is 4.79 Å². The zero-order valence-corrected chi connectivity index (χ0v) is 16.4. The normalized spacial score (nSPS) is 18.2. The first-order valence-corrected chi connectivity index (χ1v) is 9.97. The number of hydrogen-bond acceptors (Lipinski definition) is 3. The molecular weight excluding hydrogens is 360 g/mol. The quantitative estimate of drug-likeness (QED) is 0.801. The lowest BCUT2D eigenvalue weighted by Crippen LogP contribution is -2.48. The number of ether oxygens (including phenoxy) is 1. The van der Waals surface area contributed by atoms with Gasteiger partial charge in [-0.1, -0.05) is 35.9 Å². The number of piperidine rings is 1. The summed E-state index contributed by atoms with van der Waals surface area (Å²) in [5.74, 6) is 0.593. The van der Waals surface area contributed by atoms with Crippen molar-refractivity contribution in [2.75, 3.05) is 26.7 Å². The molecule has 0 bridgehead atoms. The van der Waals surface area contributed by atoms with Crippen LogP contribution >= 0.6 is 11.6 Å². The molecule has 1 saturated heterocycles. The number of benzene rings is 2. The molecule has 2 aliphatic rings. The predicted molar refractivity (Wildman–Crippen MR) is 107 cm³/mol. The van der Waals surface area contributed by atoms with E-state index in [1.165, 1.54) is 11.1 Å². The number of methoxy groups -OCH3 is 1. The molecule has 2 aromatic rings. The number of carbonyl (C=O) groups is 1.